The number of carbonyl (C=O) groups is 2. The maximum Gasteiger partial charge on any atom is 0.306 e. The molecule has 0 aliphatic rings. The smallest absolute Gasteiger partial charge is 0.306 e. The van der Waals surface area contributed by atoms with Crippen LogP contribution in [0.25, 0.3) is 5.65 Å². The Labute approximate surface area is 173 Å². The molecule has 0 aromatic carbocycles. The van der Waals surface area contributed by atoms with Crippen molar-refractivity contribution in [2.75, 3.05) is 6.61 Å². The summed E-state index contributed by atoms with van der Waals surface area (Å²) in [4.78, 5) is 30.1. The summed E-state index contributed by atoms with van der Waals surface area (Å²) in [7, 11) is 0. The maximum absolute atomic E-state index is 13.2. The van der Waals surface area contributed by atoms with Gasteiger partial charge in [0.15, 0.2) is 17.2 Å². The molecule has 6 heteroatoms. The van der Waals surface area contributed by atoms with Gasteiger partial charge in [-0.15, -0.1) is 0 Å². The lowest BCUT2D eigenvalue weighted by atomic mass is 9.92. The van der Waals surface area contributed by atoms with Gasteiger partial charge in [-0.2, -0.15) is 0 Å². The Bertz CT molecular complexity index is 848. The number of hydrogen-bond donors (Lipinski definition) is 0. The Balaban J connectivity index is 2.23. The van der Waals surface area contributed by atoms with Crippen molar-refractivity contribution in [1.29, 1.82) is 0 Å². The Kier molecular flexibility index (Phi) is 7.82. The number of unbranched alkanes of at least 4 members (excludes halogenated alkanes) is 1. The first-order valence-corrected chi connectivity index (χ1v) is 10.5. The van der Waals surface area contributed by atoms with Crippen LogP contribution >= 0.6 is 0 Å². The average molecular weight is 403 g/mol. The molecule has 29 heavy (non-hydrogen) atoms. The highest BCUT2D eigenvalue weighted by Gasteiger charge is 2.25. The van der Waals surface area contributed by atoms with Crippen LogP contribution in [0, 0.1) is 12.8 Å². The van der Waals surface area contributed by atoms with Crippen molar-refractivity contribution >= 4 is 17.4 Å². The molecule has 0 saturated heterocycles. The van der Waals surface area contributed by atoms with Gasteiger partial charge in [0.2, 0.25) is 0 Å². The molecule has 0 radical (unpaired) electrons. The van der Waals surface area contributed by atoms with Crippen LogP contribution in [-0.2, 0) is 9.53 Å². The molecule has 0 aliphatic heterocycles. The molecule has 160 valence electrons. The van der Waals surface area contributed by atoms with Crippen molar-refractivity contribution in [2.45, 2.75) is 79.2 Å². The van der Waals surface area contributed by atoms with E-state index in [1.807, 2.05) is 52.9 Å². The number of aryl methyl sites for hydroxylation is 1. The number of Topliss-reactive ketones (excluding diaryl/α,β-unsaturated/α-hetero) is 1. The SMILES string of the molecule is CCCC[C@@H](CC(=O)OC(C)(C)C)CC(=O)c1c(C)nc2c(OCC)cccn12. The number of imidazole rings is 1. The first-order valence-electron chi connectivity index (χ1n) is 10.5. The summed E-state index contributed by atoms with van der Waals surface area (Å²) in [5.41, 5.74) is 1.36. The Hall–Kier alpha value is -2.37. The molecular weight excluding hydrogens is 368 g/mol. The number of nitrogens with zero attached hydrogens (tertiary/aromatic N) is 2. The first-order chi connectivity index (χ1) is 13.7. The summed E-state index contributed by atoms with van der Waals surface area (Å²) in [5.74, 6) is 0.360. The van der Waals surface area contributed by atoms with Gasteiger partial charge >= 0.3 is 5.97 Å². The molecule has 1 atom stereocenters. The fourth-order valence-corrected chi connectivity index (χ4v) is 3.51. The van der Waals surface area contributed by atoms with Crippen molar-refractivity contribution in [3.05, 3.63) is 29.7 Å². The molecular formula is C23H34N2O4. The molecule has 0 unspecified atom stereocenters. The first kappa shape index (κ1) is 22.9. The van der Waals surface area contributed by atoms with E-state index in [0.717, 1.165) is 19.3 Å². The highest BCUT2D eigenvalue weighted by molar-refractivity contribution is 5.97. The van der Waals surface area contributed by atoms with Gasteiger partial charge in [-0.25, -0.2) is 4.98 Å². The standard InChI is InChI=1S/C23H34N2O4/c1-7-9-11-17(15-20(27)29-23(4,5)6)14-18(26)21-16(3)24-22-19(28-8-2)12-10-13-25(21)22/h10,12-13,17H,7-9,11,14-15H2,1-6H3/t17-/m1/s1. The zero-order valence-corrected chi connectivity index (χ0v) is 18.6. The third-order valence-electron chi connectivity index (χ3n) is 4.67. The summed E-state index contributed by atoms with van der Waals surface area (Å²) in [6.45, 7) is 12.0. The van der Waals surface area contributed by atoms with Gasteiger partial charge in [0.05, 0.1) is 12.3 Å². The van der Waals surface area contributed by atoms with Crippen LogP contribution in [0.4, 0.5) is 0 Å². The molecule has 0 spiro atoms. The second kappa shape index (κ2) is 9.90. The van der Waals surface area contributed by atoms with Gasteiger partial charge in [0.1, 0.15) is 11.3 Å². The average Bonchev–Trinajstić information content (AvgIpc) is 2.95. The minimum Gasteiger partial charge on any atom is -0.490 e. The lowest BCUT2D eigenvalue weighted by Gasteiger charge is -2.22. The van der Waals surface area contributed by atoms with Crippen LogP contribution in [-0.4, -0.2) is 33.3 Å². The fraction of sp³-hybridized carbons (Fsp3) is 0.609. The third kappa shape index (κ3) is 6.31. The van der Waals surface area contributed by atoms with Crippen LogP contribution in [0.5, 0.6) is 5.75 Å². The van der Waals surface area contributed by atoms with Gasteiger partial charge in [-0.3, -0.25) is 14.0 Å². The highest BCUT2D eigenvalue weighted by Crippen LogP contribution is 2.26. The van der Waals surface area contributed by atoms with Crippen LogP contribution in [0.1, 0.15) is 82.9 Å². The maximum atomic E-state index is 13.2. The summed E-state index contributed by atoms with van der Waals surface area (Å²) < 4.78 is 12.9. The van der Waals surface area contributed by atoms with E-state index in [2.05, 4.69) is 11.9 Å². The van der Waals surface area contributed by atoms with Gasteiger partial charge in [0, 0.05) is 19.0 Å². The predicted molar refractivity (Wildman–Crippen MR) is 114 cm³/mol. The normalized spacial score (nSPS) is 12.8. The van der Waals surface area contributed by atoms with Crippen molar-refractivity contribution in [1.82, 2.24) is 9.38 Å². The summed E-state index contributed by atoms with van der Waals surface area (Å²) in [6.07, 6.45) is 5.20. The number of aromatic nitrogens is 2. The molecule has 0 N–H and O–H groups in total. The van der Waals surface area contributed by atoms with E-state index in [1.165, 1.54) is 0 Å². The van der Waals surface area contributed by atoms with Crippen LogP contribution < -0.4 is 4.74 Å². The van der Waals surface area contributed by atoms with Gasteiger partial charge in [-0.05, 0) is 59.1 Å². The number of carbonyl (C=O) groups excluding carboxylic acids is 2. The topological polar surface area (TPSA) is 69.9 Å². The molecule has 2 heterocycles. The lowest BCUT2D eigenvalue weighted by molar-refractivity contribution is -0.156. The van der Waals surface area contributed by atoms with E-state index in [-0.39, 0.29) is 24.1 Å². The van der Waals surface area contributed by atoms with Crippen molar-refractivity contribution in [3.8, 4) is 5.75 Å². The number of fused-ring (bicyclic) bond motifs is 1. The van der Waals surface area contributed by atoms with E-state index < -0.39 is 5.60 Å². The monoisotopic (exact) mass is 402 g/mol. The zero-order chi connectivity index (χ0) is 21.6. The second-order valence-corrected chi connectivity index (χ2v) is 8.47. The summed E-state index contributed by atoms with van der Waals surface area (Å²) in [6, 6.07) is 3.71. The second-order valence-electron chi connectivity index (χ2n) is 8.47. The van der Waals surface area contributed by atoms with E-state index in [0.29, 0.717) is 35.8 Å². The molecule has 6 nitrogen and oxygen atoms in total. The number of rotatable bonds is 10. The Morgan fingerprint density at radius 2 is 1.93 bits per heavy atom. The summed E-state index contributed by atoms with van der Waals surface area (Å²) >= 11 is 0. The van der Waals surface area contributed by atoms with Crippen molar-refractivity contribution in [2.24, 2.45) is 5.92 Å². The van der Waals surface area contributed by atoms with Crippen LogP contribution in [0.2, 0.25) is 0 Å². The number of ether oxygens (including phenoxy) is 2. The highest BCUT2D eigenvalue weighted by atomic mass is 16.6. The van der Waals surface area contributed by atoms with Crippen LogP contribution in [0.15, 0.2) is 18.3 Å². The molecule has 0 fully saturated rings. The molecule has 0 amide bonds. The zero-order valence-electron chi connectivity index (χ0n) is 18.6. The molecule has 0 bridgehead atoms. The fourth-order valence-electron chi connectivity index (χ4n) is 3.51. The molecule has 2 aromatic rings. The van der Waals surface area contributed by atoms with Crippen LogP contribution in [0.3, 0.4) is 0 Å². The van der Waals surface area contributed by atoms with Crippen molar-refractivity contribution in [3.63, 3.8) is 0 Å². The minimum absolute atomic E-state index is 0.00619. The van der Waals surface area contributed by atoms with Gasteiger partial charge in [-0.1, -0.05) is 19.8 Å². The molecule has 0 aliphatic carbocycles. The van der Waals surface area contributed by atoms with E-state index >= 15 is 0 Å². The molecule has 0 saturated carbocycles. The Morgan fingerprint density at radius 1 is 1.21 bits per heavy atom. The minimum atomic E-state index is -0.523. The largest absolute Gasteiger partial charge is 0.490 e. The van der Waals surface area contributed by atoms with Crippen molar-refractivity contribution < 1.29 is 19.1 Å². The van der Waals surface area contributed by atoms with Gasteiger partial charge in [0.25, 0.3) is 0 Å². The predicted octanol–water partition coefficient (Wildman–Crippen LogP) is 5.15. The lowest BCUT2D eigenvalue weighted by Crippen LogP contribution is -2.26. The quantitative estimate of drug-likeness (QED) is 0.406. The molecule has 2 aromatic heterocycles. The number of hydrogen-bond acceptors (Lipinski definition) is 5. The number of ketones is 1. The Morgan fingerprint density at radius 3 is 2.55 bits per heavy atom. The molecule has 2 rings (SSSR count). The van der Waals surface area contributed by atoms with E-state index in [9.17, 15) is 9.59 Å². The van der Waals surface area contributed by atoms with Gasteiger partial charge < -0.3 is 9.47 Å². The third-order valence-corrected chi connectivity index (χ3v) is 4.67. The number of esters is 1. The van der Waals surface area contributed by atoms with E-state index in [4.69, 9.17) is 9.47 Å². The number of pyridine rings is 1. The van der Waals surface area contributed by atoms with E-state index in [1.54, 1.807) is 4.40 Å². The summed E-state index contributed by atoms with van der Waals surface area (Å²) in [5, 5.41) is 0.